The zero-order valence-electron chi connectivity index (χ0n) is 11.2. The average Bonchev–Trinajstić information content (AvgIpc) is 2.35. The number of rotatable bonds is 6. The van der Waals surface area contributed by atoms with Gasteiger partial charge >= 0.3 is 5.97 Å². The monoisotopic (exact) mass is 287 g/mol. The first kappa shape index (κ1) is 15.6. The summed E-state index contributed by atoms with van der Waals surface area (Å²) in [5.74, 6) is 0.234. The molecule has 3 N–H and O–H groups in total. The number of carboxylic acids is 1. The molecule has 0 radical (unpaired) electrons. The van der Waals surface area contributed by atoms with Gasteiger partial charge in [0, 0.05) is 23.6 Å². The summed E-state index contributed by atoms with van der Waals surface area (Å²) < 4.78 is 10.5. The summed E-state index contributed by atoms with van der Waals surface area (Å²) in [6, 6.07) is 1.21. The van der Waals surface area contributed by atoms with Crippen LogP contribution in [0.4, 0.5) is 0 Å². The standard InChI is InChI=1S/C13H18ClNO4/c1-7-12(18-2)8(6-9(14)13(7)19-3)10(15)4-5-11(16)17/h6,10H,4-5,15H2,1-3H3,(H,16,17). The van der Waals surface area contributed by atoms with Gasteiger partial charge in [-0.2, -0.15) is 0 Å². The zero-order valence-corrected chi connectivity index (χ0v) is 12.0. The van der Waals surface area contributed by atoms with Gasteiger partial charge in [-0.05, 0) is 19.4 Å². The van der Waals surface area contributed by atoms with Crippen molar-refractivity contribution in [1.29, 1.82) is 0 Å². The van der Waals surface area contributed by atoms with Gasteiger partial charge in [0.1, 0.15) is 11.5 Å². The van der Waals surface area contributed by atoms with E-state index in [0.29, 0.717) is 28.5 Å². The summed E-state index contributed by atoms with van der Waals surface area (Å²) in [7, 11) is 3.06. The SMILES string of the molecule is COc1c(Cl)cc(C(N)CCC(=O)O)c(OC)c1C. The third-order valence-electron chi connectivity index (χ3n) is 2.92. The van der Waals surface area contributed by atoms with Crippen LogP contribution in [-0.4, -0.2) is 25.3 Å². The van der Waals surface area contributed by atoms with Crippen LogP contribution in [0.1, 0.15) is 30.0 Å². The third kappa shape index (κ3) is 3.52. The first-order valence-corrected chi connectivity index (χ1v) is 6.18. The lowest BCUT2D eigenvalue weighted by molar-refractivity contribution is -0.137. The van der Waals surface area contributed by atoms with Crippen LogP contribution in [0, 0.1) is 6.92 Å². The predicted molar refractivity (Wildman–Crippen MR) is 73.1 cm³/mol. The molecule has 19 heavy (non-hydrogen) atoms. The molecule has 0 spiro atoms. The average molecular weight is 288 g/mol. The molecule has 0 aliphatic heterocycles. The second kappa shape index (κ2) is 6.63. The minimum Gasteiger partial charge on any atom is -0.496 e. The Labute approximate surface area is 117 Å². The summed E-state index contributed by atoms with van der Waals surface area (Å²) in [5.41, 5.74) is 7.44. The molecular weight excluding hydrogens is 270 g/mol. The molecule has 1 unspecified atom stereocenters. The van der Waals surface area contributed by atoms with Gasteiger partial charge in [-0.1, -0.05) is 11.6 Å². The molecule has 0 aliphatic rings. The second-order valence-electron chi connectivity index (χ2n) is 4.18. The number of hydrogen-bond acceptors (Lipinski definition) is 4. The number of methoxy groups -OCH3 is 2. The number of hydrogen-bond donors (Lipinski definition) is 2. The van der Waals surface area contributed by atoms with Crippen LogP contribution >= 0.6 is 11.6 Å². The Morgan fingerprint density at radius 3 is 2.47 bits per heavy atom. The molecule has 0 heterocycles. The van der Waals surface area contributed by atoms with Crippen molar-refractivity contribution in [2.75, 3.05) is 14.2 Å². The Kier molecular flexibility index (Phi) is 5.44. The molecule has 0 fully saturated rings. The lowest BCUT2D eigenvalue weighted by Gasteiger charge is -2.19. The Bertz CT molecular complexity index is 476. The zero-order chi connectivity index (χ0) is 14.6. The van der Waals surface area contributed by atoms with E-state index in [0.717, 1.165) is 5.56 Å². The molecule has 1 atom stereocenters. The van der Waals surface area contributed by atoms with Crippen molar-refractivity contribution in [2.24, 2.45) is 5.73 Å². The Balaban J connectivity index is 3.16. The molecule has 0 aliphatic carbocycles. The highest BCUT2D eigenvalue weighted by atomic mass is 35.5. The molecular formula is C13H18ClNO4. The maximum atomic E-state index is 10.6. The first-order chi connectivity index (χ1) is 8.92. The van der Waals surface area contributed by atoms with Crippen molar-refractivity contribution in [2.45, 2.75) is 25.8 Å². The van der Waals surface area contributed by atoms with Crippen LogP contribution in [0.2, 0.25) is 5.02 Å². The van der Waals surface area contributed by atoms with E-state index < -0.39 is 12.0 Å². The predicted octanol–water partition coefficient (Wildman–Crippen LogP) is 2.53. The van der Waals surface area contributed by atoms with E-state index in [-0.39, 0.29) is 6.42 Å². The summed E-state index contributed by atoms with van der Waals surface area (Å²) in [4.78, 5) is 10.6. The minimum absolute atomic E-state index is 0.00693. The van der Waals surface area contributed by atoms with Gasteiger partial charge in [0.2, 0.25) is 0 Å². The van der Waals surface area contributed by atoms with Crippen LogP contribution in [0.25, 0.3) is 0 Å². The second-order valence-corrected chi connectivity index (χ2v) is 4.59. The molecule has 0 saturated carbocycles. The topological polar surface area (TPSA) is 81.8 Å². The lowest BCUT2D eigenvalue weighted by atomic mass is 9.98. The van der Waals surface area contributed by atoms with E-state index in [9.17, 15) is 4.79 Å². The summed E-state index contributed by atoms with van der Waals surface area (Å²) in [6.07, 6.45) is 0.306. The van der Waals surface area contributed by atoms with E-state index in [1.54, 1.807) is 6.07 Å². The highest BCUT2D eigenvalue weighted by Crippen LogP contribution is 2.40. The molecule has 0 amide bonds. The molecule has 1 aromatic carbocycles. The molecule has 1 rings (SSSR count). The van der Waals surface area contributed by atoms with Gasteiger partial charge in [-0.25, -0.2) is 0 Å². The quantitative estimate of drug-likeness (QED) is 0.840. The molecule has 0 aromatic heterocycles. The van der Waals surface area contributed by atoms with E-state index in [1.165, 1.54) is 14.2 Å². The number of benzene rings is 1. The van der Waals surface area contributed by atoms with Crippen molar-refractivity contribution in [1.82, 2.24) is 0 Å². The van der Waals surface area contributed by atoms with Crippen molar-refractivity contribution in [3.8, 4) is 11.5 Å². The summed E-state index contributed by atoms with van der Waals surface area (Å²) in [5, 5.41) is 9.13. The number of aliphatic carboxylic acids is 1. The number of halogens is 1. The van der Waals surface area contributed by atoms with E-state index in [4.69, 9.17) is 31.9 Å². The molecule has 0 saturated heterocycles. The van der Waals surface area contributed by atoms with Gasteiger partial charge < -0.3 is 20.3 Å². The summed E-state index contributed by atoms with van der Waals surface area (Å²) >= 11 is 6.12. The fourth-order valence-electron chi connectivity index (χ4n) is 2.00. The fourth-order valence-corrected chi connectivity index (χ4v) is 2.33. The molecule has 106 valence electrons. The maximum absolute atomic E-state index is 10.6. The van der Waals surface area contributed by atoms with Crippen LogP contribution in [0.3, 0.4) is 0 Å². The van der Waals surface area contributed by atoms with Crippen LogP contribution in [0.5, 0.6) is 11.5 Å². The van der Waals surface area contributed by atoms with Crippen molar-refractivity contribution >= 4 is 17.6 Å². The van der Waals surface area contributed by atoms with Crippen LogP contribution in [0.15, 0.2) is 6.07 Å². The molecule has 0 bridgehead atoms. The smallest absolute Gasteiger partial charge is 0.303 e. The number of carboxylic acid groups (broad SMARTS) is 1. The lowest BCUT2D eigenvalue weighted by Crippen LogP contribution is -2.14. The van der Waals surface area contributed by atoms with Crippen LogP contribution in [-0.2, 0) is 4.79 Å². The Morgan fingerprint density at radius 2 is 2.00 bits per heavy atom. The van der Waals surface area contributed by atoms with Gasteiger partial charge in [-0.3, -0.25) is 4.79 Å². The van der Waals surface area contributed by atoms with Crippen molar-refractivity contribution < 1.29 is 19.4 Å². The highest BCUT2D eigenvalue weighted by molar-refractivity contribution is 6.32. The van der Waals surface area contributed by atoms with Gasteiger partial charge in [0.25, 0.3) is 0 Å². The van der Waals surface area contributed by atoms with Crippen LogP contribution < -0.4 is 15.2 Å². The van der Waals surface area contributed by atoms with E-state index in [1.807, 2.05) is 6.92 Å². The van der Waals surface area contributed by atoms with Crippen molar-refractivity contribution in [3.63, 3.8) is 0 Å². The van der Waals surface area contributed by atoms with Gasteiger partial charge in [0.15, 0.2) is 0 Å². The summed E-state index contributed by atoms with van der Waals surface area (Å²) in [6.45, 7) is 1.82. The van der Waals surface area contributed by atoms with Gasteiger partial charge in [-0.15, -0.1) is 0 Å². The Hall–Kier alpha value is -1.46. The van der Waals surface area contributed by atoms with E-state index >= 15 is 0 Å². The van der Waals surface area contributed by atoms with E-state index in [2.05, 4.69) is 0 Å². The number of carbonyl (C=O) groups is 1. The fraction of sp³-hybridized carbons (Fsp3) is 0.462. The normalized spacial score (nSPS) is 12.1. The highest BCUT2D eigenvalue weighted by Gasteiger charge is 2.20. The number of nitrogens with two attached hydrogens (primary N) is 1. The van der Waals surface area contributed by atoms with Gasteiger partial charge in [0.05, 0.1) is 19.2 Å². The van der Waals surface area contributed by atoms with Crippen molar-refractivity contribution in [3.05, 3.63) is 22.2 Å². The maximum Gasteiger partial charge on any atom is 0.303 e. The molecule has 1 aromatic rings. The largest absolute Gasteiger partial charge is 0.496 e. The Morgan fingerprint density at radius 1 is 1.42 bits per heavy atom. The molecule has 5 nitrogen and oxygen atoms in total. The number of ether oxygens (including phenoxy) is 2. The molecule has 6 heteroatoms. The first-order valence-electron chi connectivity index (χ1n) is 5.80. The third-order valence-corrected chi connectivity index (χ3v) is 3.20. The minimum atomic E-state index is -0.884.